The van der Waals surface area contributed by atoms with Crippen LogP contribution < -0.4 is 5.32 Å². The van der Waals surface area contributed by atoms with Crippen LogP contribution in [-0.4, -0.2) is 95.4 Å². The summed E-state index contributed by atoms with van der Waals surface area (Å²) in [6, 6.07) is -0.854. The average Bonchev–Trinajstić information content (AvgIpc) is 3.39. The highest BCUT2D eigenvalue weighted by Gasteiger charge is 2.48. The summed E-state index contributed by atoms with van der Waals surface area (Å²) in [5.74, 6) is -0.221. The SMILES string of the molecule is CCCCCCCCCCCCCCCCCCCCCCCCCCCCCCCCCC(=O)NC(COC1OC(CO)C(O)C(OS(=O)(=O)O)C1O)C(O)CCCCCCCCCCCCCCCCCCC. The van der Waals surface area contributed by atoms with Crippen LogP contribution in [0.4, 0.5) is 0 Å². The van der Waals surface area contributed by atoms with Crippen LogP contribution in [0, 0.1) is 0 Å². The molecule has 6 N–H and O–H groups in total. The van der Waals surface area contributed by atoms with E-state index in [1.54, 1.807) is 0 Å². The Labute approximate surface area is 462 Å². The lowest BCUT2D eigenvalue weighted by Crippen LogP contribution is -2.61. The van der Waals surface area contributed by atoms with E-state index in [2.05, 4.69) is 23.3 Å². The van der Waals surface area contributed by atoms with Gasteiger partial charge in [-0.05, 0) is 12.8 Å². The van der Waals surface area contributed by atoms with Crippen molar-refractivity contribution < 1.29 is 51.8 Å². The molecule has 1 aliphatic rings. The van der Waals surface area contributed by atoms with Gasteiger partial charge >= 0.3 is 10.4 Å². The highest BCUT2D eigenvalue weighted by atomic mass is 32.3. The highest BCUT2D eigenvalue weighted by molar-refractivity contribution is 7.80. The minimum absolute atomic E-state index is 0.221. The van der Waals surface area contributed by atoms with Gasteiger partial charge in [-0.1, -0.05) is 316 Å². The molecular weight excluding hydrogens is 967 g/mol. The Bertz CT molecular complexity index is 1330. The Morgan fingerprint density at radius 2 is 0.773 bits per heavy atom. The summed E-state index contributed by atoms with van der Waals surface area (Å²) in [4.78, 5) is 13.2. The first-order valence-corrected chi connectivity index (χ1v) is 33.8. The number of hydrogen-bond acceptors (Lipinski definition) is 10. The number of unbranched alkanes of at least 4 members (excludes halogenated alkanes) is 46. The normalized spacial score (nSPS) is 18.9. The summed E-state index contributed by atoms with van der Waals surface area (Å²) < 4.78 is 48.0. The van der Waals surface area contributed by atoms with Crippen LogP contribution in [0.1, 0.15) is 335 Å². The minimum Gasteiger partial charge on any atom is -0.394 e. The van der Waals surface area contributed by atoms with E-state index in [0.717, 1.165) is 51.4 Å². The van der Waals surface area contributed by atoms with Gasteiger partial charge in [0.1, 0.15) is 24.4 Å². The summed E-state index contributed by atoms with van der Waals surface area (Å²) in [5.41, 5.74) is 0. The van der Waals surface area contributed by atoms with E-state index in [-0.39, 0.29) is 12.5 Å². The van der Waals surface area contributed by atoms with Crippen molar-refractivity contribution in [3.8, 4) is 0 Å². The van der Waals surface area contributed by atoms with Crippen LogP contribution in [0.3, 0.4) is 0 Å². The Morgan fingerprint density at radius 3 is 1.07 bits per heavy atom. The van der Waals surface area contributed by atoms with Crippen LogP contribution in [-0.2, 0) is 28.9 Å². The highest BCUT2D eigenvalue weighted by Crippen LogP contribution is 2.27. The van der Waals surface area contributed by atoms with E-state index in [4.69, 9.17) is 9.47 Å². The maximum Gasteiger partial charge on any atom is 0.397 e. The second-order valence-corrected chi connectivity index (χ2v) is 24.1. The van der Waals surface area contributed by atoms with Crippen molar-refractivity contribution in [3.63, 3.8) is 0 Å². The zero-order valence-electron chi connectivity index (χ0n) is 48.9. The summed E-state index contributed by atoms with van der Waals surface area (Å²) >= 11 is 0. The number of carbonyl (C=O) groups is 1. The molecule has 0 spiro atoms. The fourth-order valence-electron chi connectivity index (χ4n) is 10.9. The van der Waals surface area contributed by atoms with E-state index in [1.165, 1.54) is 257 Å². The predicted octanol–water partition coefficient (Wildman–Crippen LogP) is 16.0. The van der Waals surface area contributed by atoms with Gasteiger partial charge in [0, 0.05) is 6.42 Å². The third-order valence-corrected chi connectivity index (χ3v) is 16.4. The number of amides is 1. The van der Waals surface area contributed by atoms with E-state index < -0.39 is 59.9 Å². The molecule has 12 nitrogen and oxygen atoms in total. The van der Waals surface area contributed by atoms with Gasteiger partial charge in [-0.25, -0.2) is 4.18 Å². The molecule has 0 radical (unpaired) electrons. The topological polar surface area (TPSA) is 192 Å². The summed E-state index contributed by atoms with van der Waals surface area (Å²) in [6.45, 7) is 3.51. The molecule has 13 heteroatoms. The lowest BCUT2D eigenvalue weighted by atomic mass is 9.99. The second kappa shape index (κ2) is 52.5. The molecular formula is C62H123NO11S. The van der Waals surface area contributed by atoms with Crippen molar-refractivity contribution in [1.82, 2.24) is 5.32 Å². The molecule has 1 rings (SSSR count). The molecule has 1 aliphatic heterocycles. The lowest BCUT2D eigenvalue weighted by Gasteiger charge is -2.41. The summed E-state index contributed by atoms with van der Waals surface area (Å²) in [5, 5.41) is 45.2. The molecule has 0 aromatic rings. The first kappa shape index (κ1) is 72.1. The Balaban J connectivity index is 2.22. The van der Waals surface area contributed by atoms with Crippen LogP contribution >= 0.6 is 0 Å². The molecule has 7 atom stereocenters. The number of aliphatic hydroxyl groups is 4. The van der Waals surface area contributed by atoms with Crippen molar-refractivity contribution >= 4 is 16.3 Å². The first-order chi connectivity index (χ1) is 36.5. The average molecular weight is 1090 g/mol. The molecule has 0 aromatic heterocycles. The maximum absolute atomic E-state index is 13.2. The Kier molecular flexibility index (Phi) is 50.5. The second-order valence-electron chi connectivity index (χ2n) is 23.1. The monoisotopic (exact) mass is 1090 g/mol. The zero-order chi connectivity index (χ0) is 54.7. The quantitative estimate of drug-likeness (QED) is 0.0251. The maximum atomic E-state index is 13.2. The fraction of sp³-hybridized carbons (Fsp3) is 0.984. The van der Waals surface area contributed by atoms with Crippen molar-refractivity contribution in [2.24, 2.45) is 0 Å². The van der Waals surface area contributed by atoms with Gasteiger partial charge in [0.15, 0.2) is 6.29 Å². The van der Waals surface area contributed by atoms with Crippen LogP contribution in [0.25, 0.3) is 0 Å². The van der Waals surface area contributed by atoms with Crippen LogP contribution in [0.15, 0.2) is 0 Å². The van der Waals surface area contributed by atoms with Gasteiger partial charge < -0.3 is 35.2 Å². The molecule has 0 aliphatic carbocycles. The van der Waals surface area contributed by atoms with E-state index in [1.807, 2.05) is 0 Å². The number of hydrogen-bond donors (Lipinski definition) is 6. The Morgan fingerprint density at radius 1 is 0.480 bits per heavy atom. The third-order valence-electron chi connectivity index (χ3n) is 15.9. The molecule has 1 heterocycles. The van der Waals surface area contributed by atoms with Crippen LogP contribution in [0.5, 0.6) is 0 Å². The van der Waals surface area contributed by atoms with Crippen LogP contribution in [0.2, 0.25) is 0 Å². The number of nitrogens with one attached hydrogen (secondary N) is 1. The van der Waals surface area contributed by atoms with E-state index in [0.29, 0.717) is 12.8 Å². The van der Waals surface area contributed by atoms with Gasteiger partial charge in [0.05, 0.1) is 25.4 Å². The largest absolute Gasteiger partial charge is 0.397 e. The Hall–Kier alpha value is -0.900. The first-order valence-electron chi connectivity index (χ1n) is 32.4. The molecule has 1 amide bonds. The molecule has 0 bridgehead atoms. The van der Waals surface area contributed by atoms with E-state index >= 15 is 0 Å². The molecule has 1 saturated heterocycles. The zero-order valence-corrected chi connectivity index (χ0v) is 49.7. The molecule has 0 saturated carbocycles. The molecule has 448 valence electrons. The lowest BCUT2D eigenvalue weighted by molar-refractivity contribution is -0.298. The number of ether oxygens (including phenoxy) is 2. The van der Waals surface area contributed by atoms with Crippen molar-refractivity contribution in [3.05, 3.63) is 0 Å². The standard InChI is InChI=1S/C62H123NO11S/c1-3-5-7-9-11-13-15-17-19-21-22-23-24-25-26-27-28-29-30-31-32-33-34-36-38-40-42-44-46-48-50-52-58(66)63-55(54-72-62-60(68)61(74-75(69,70)71)59(67)57(53-64)73-62)56(65)51-49-47-45-43-41-39-37-35-20-18-16-14-12-10-8-6-4-2/h55-57,59-62,64-65,67-68H,3-54H2,1-2H3,(H,63,66)(H,69,70,71). The number of rotatable bonds is 58. The minimum atomic E-state index is -5.08. The predicted molar refractivity (Wildman–Crippen MR) is 310 cm³/mol. The van der Waals surface area contributed by atoms with Gasteiger partial charge in [-0.3, -0.25) is 9.35 Å². The van der Waals surface area contributed by atoms with Gasteiger partial charge in [0.2, 0.25) is 5.91 Å². The molecule has 1 fully saturated rings. The van der Waals surface area contributed by atoms with Gasteiger partial charge in [0.25, 0.3) is 0 Å². The summed E-state index contributed by atoms with van der Waals surface area (Å²) in [7, 11) is -5.08. The number of aliphatic hydroxyl groups excluding tert-OH is 4. The summed E-state index contributed by atoms with van der Waals surface area (Å²) in [6.07, 6.45) is 54.2. The van der Waals surface area contributed by atoms with Gasteiger partial charge in [-0.2, -0.15) is 8.42 Å². The fourth-order valence-corrected chi connectivity index (χ4v) is 11.4. The van der Waals surface area contributed by atoms with Crippen molar-refractivity contribution in [2.75, 3.05) is 13.2 Å². The van der Waals surface area contributed by atoms with Crippen molar-refractivity contribution in [2.45, 2.75) is 378 Å². The third kappa shape index (κ3) is 44.5. The van der Waals surface area contributed by atoms with Gasteiger partial charge in [-0.15, -0.1) is 0 Å². The van der Waals surface area contributed by atoms with Crippen molar-refractivity contribution in [1.29, 1.82) is 0 Å². The number of carbonyl (C=O) groups excluding carboxylic acids is 1. The molecule has 75 heavy (non-hydrogen) atoms. The molecule has 7 unspecified atom stereocenters. The smallest absolute Gasteiger partial charge is 0.394 e. The molecule has 0 aromatic carbocycles. The van der Waals surface area contributed by atoms with E-state index in [9.17, 15) is 38.2 Å².